The van der Waals surface area contributed by atoms with Crippen LogP contribution in [-0.4, -0.2) is 13.7 Å². The van der Waals surface area contributed by atoms with Crippen molar-refractivity contribution in [2.45, 2.75) is 6.54 Å². The van der Waals surface area contributed by atoms with Gasteiger partial charge in [0.15, 0.2) is 0 Å². The summed E-state index contributed by atoms with van der Waals surface area (Å²) in [5.41, 5.74) is 0.650. The molecule has 0 saturated heterocycles. The smallest absolute Gasteiger partial charge is 0.269 e. The second-order valence-corrected chi connectivity index (χ2v) is 3.24. The molecule has 0 aliphatic heterocycles. The van der Waals surface area contributed by atoms with Crippen molar-refractivity contribution in [3.63, 3.8) is 0 Å². The van der Waals surface area contributed by atoms with Gasteiger partial charge in [-0.2, -0.15) is 0 Å². The Morgan fingerprint density at radius 2 is 1.93 bits per heavy atom. The van der Waals surface area contributed by atoms with Crippen molar-refractivity contribution in [1.82, 2.24) is 4.72 Å². The normalized spacial score (nSPS) is 12.4. The molecule has 1 aromatic rings. The van der Waals surface area contributed by atoms with Gasteiger partial charge in [0, 0.05) is 29.9 Å². The Labute approximate surface area is 82.5 Å². The molecule has 6 nitrogen and oxygen atoms in total. The van der Waals surface area contributed by atoms with E-state index in [4.69, 9.17) is 0 Å². The van der Waals surface area contributed by atoms with Crippen LogP contribution < -0.4 is 4.72 Å². The molecule has 0 radical (unpaired) electrons. The largest absolute Gasteiger partial charge is 0.760 e. The molecule has 0 amide bonds. The Bertz CT molecular complexity index is 351. The van der Waals surface area contributed by atoms with Gasteiger partial charge in [0.25, 0.3) is 5.69 Å². The summed E-state index contributed by atoms with van der Waals surface area (Å²) in [5.74, 6) is 0. The van der Waals surface area contributed by atoms with Gasteiger partial charge < -0.3 is 4.55 Å². The molecule has 1 rings (SSSR count). The third kappa shape index (κ3) is 3.21. The zero-order chi connectivity index (χ0) is 10.6. The summed E-state index contributed by atoms with van der Waals surface area (Å²) in [6.45, 7) is 0.133. The SMILES string of the molecule is O=[N+]([O-])c1ccc(CNS(=O)[O-])cc1. The first-order valence-electron chi connectivity index (χ1n) is 3.65. The van der Waals surface area contributed by atoms with Crippen LogP contribution in [0.15, 0.2) is 24.3 Å². The molecule has 1 atom stereocenters. The van der Waals surface area contributed by atoms with E-state index >= 15 is 0 Å². The van der Waals surface area contributed by atoms with E-state index in [1.165, 1.54) is 24.3 Å². The first-order chi connectivity index (χ1) is 6.59. The highest BCUT2D eigenvalue weighted by Crippen LogP contribution is 2.11. The zero-order valence-corrected chi connectivity index (χ0v) is 7.82. The summed E-state index contributed by atoms with van der Waals surface area (Å²) in [6.07, 6.45) is 0. The molecule has 7 heteroatoms. The number of hydrogen-bond donors (Lipinski definition) is 1. The highest BCUT2D eigenvalue weighted by molar-refractivity contribution is 7.77. The van der Waals surface area contributed by atoms with Crippen LogP contribution in [-0.2, 0) is 17.8 Å². The lowest BCUT2D eigenvalue weighted by Crippen LogP contribution is -2.15. The van der Waals surface area contributed by atoms with Gasteiger partial charge >= 0.3 is 0 Å². The number of rotatable bonds is 4. The molecule has 0 fully saturated rings. The lowest BCUT2D eigenvalue weighted by molar-refractivity contribution is -0.384. The van der Waals surface area contributed by atoms with Crippen molar-refractivity contribution in [3.05, 3.63) is 39.9 Å². The molecule has 0 saturated carbocycles. The second kappa shape index (κ2) is 4.80. The molecular weight excluding hydrogens is 208 g/mol. The van der Waals surface area contributed by atoms with E-state index in [2.05, 4.69) is 4.72 Å². The first-order valence-corrected chi connectivity index (χ1v) is 4.73. The zero-order valence-electron chi connectivity index (χ0n) is 7.00. The quantitative estimate of drug-likeness (QED) is 0.449. The Balaban J connectivity index is 2.64. The number of nitrogens with zero attached hydrogens (tertiary/aromatic N) is 1. The second-order valence-electron chi connectivity index (χ2n) is 2.48. The van der Waals surface area contributed by atoms with Crippen LogP contribution in [0.2, 0.25) is 0 Å². The number of non-ortho nitro benzene ring substituents is 1. The molecule has 0 aliphatic carbocycles. The topological polar surface area (TPSA) is 95.3 Å². The summed E-state index contributed by atoms with van der Waals surface area (Å²) >= 11 is -2.31. The maximum atomic E-state index is 10.3. The molecule has 1 unspecified atom stereocenters. The molecule has 14 heavy (non-hydrogen) atoms. The van der Waals surface area contributed by atoms with Crippen molar-refractivity contribution in [2.24, 2.45) is 0 Å². The Kier molecular flexibility index (Phi) is 3.69. The minimum atomic E-state index is -2.31. The average Bonchev–Trinajstić information content (AvgIpc) is 2.15. The third-order valence-electron chi connectivity index (χ3n) is 1.54. The van der Waals surface area contributed by atoms with Crippen LogP contribution in [0.3, 0.4) is 0 Å². The summed E-state index contributed by atoms with van der Waals surface area (Å²) < 4.78 is 22.4. The van der Waals surface area contributed by atoms with Crippen molar-refractivity contribution in [3.8, 4) is 0 Å². The minimum absolute atomic E-state index is 0.0167. The molecular formula is C7H7N2O4S-. The maximum Gasteiger partial charge on any atom is 0.269 e. The molecule has 0 aliphatic rings. The number of nitro benzene ring substituents is 1. The van der Waals surface area contributed by atoms with E-state index in [1.807, 2.05) is 0 Å². The van der Waals surface area contributed by atoms with Gasteiger partial charge in [-0.3, -0.25) is 14.3 Å². The molecule has 0 spiro atoms. The monoisotopic (exact) mass is 215 g/mol. The van der Waals surface area contributed by atoms with E-state index < -0.39 is 16.2 Å². The maximum absolute atomic E-state index is 10.3. The van der Waals surface area contributed by atoms with Crippen molar-refractivity contribution in [1.29, 1.82) is 0 Å². The first kappa shape index (κ1) is 10.8. The van der Waals surface area contributed by atoms with Crippen LogP contribution in [0.5, 0.6) is 0 Å². The van der Waals surface area contributed by atoms with Crippen molar-refractivity contribution >= 4 is 17.0 Å². The van der Waals surface area contributed by atoms with Gasteiger partial charge in [0.2, 0.25) is 0 Å². The molecule has 0 aromatic heterocycles. The fourth-order valence-electron chi connectivity index (χ4n) is 0.878. The van der Waals surface area contributed by atoms with Crippen LogP contribution >= 0.6 is 0 Å². The average molecular weight is 215 g/mol. The lowest BCUT2D eigenvalue weighted by Gasteiger charge is -2.06. The van der Waals surface area contributed by atoms with E-state index in [0.717, 1.165) is 0 Å². The number of benzene rings is 1. The van der Waals surface area contributed by atoms with Gasteiger partial charge in [-0.05, 0) is 5.56 Å². The Hall–Kier alpha value is -1.31. The molecule has 1 aromatic carbocycles. The number of nitrogens with one attached hydrogen (secondary N) is 1. The van der Waals surface area contributed by atoms with Crippen LogP contribution in [0.25, 0.3) is 0 Å². The molecule has 76 valence electrons. The Morgan fingerprint density at radius 1 is 1.36 bits per heavy atom. The predicted octanol–water partition coefficient (Wildman–Crippen LogP) is 0.478. The van der Waals surface area contributed by atoms with Gasteiger partial charge in [0.1, 0.15) is 0 Å². The van der Waals surface area contributed by atoms with Gasteiger partial charge in [-0.25, -0.2) is 4.72 Å². The fourth-order valence-corrected chi connectivity index (χ4v) is 1.16. The molecule has 1 N–H and O–H groups in total. The van der Waals surface area contributed by atoms with Crippen LogP contribution in [0, 0.1) is 10.1 Å². The summed E-state index contributed by atoms with van der Waals surface area (Å²) in [5, 5.41) is 10.3. The Morgan fingerprint density at radius 3 is 2.36 bits per heavy atom. The van der Waals surface area contributed by atoms with Gasteiger partial charge in [-0.1, -0.05) is 12.1 Å². The summed E-state index contributed by atoms with van der Waals surface area (Å²) in [6, 6.07) is 5.64. The minimum Gasteiger partial charge on any atom is -0.760 e. The van der Waals surface area contributed by atoms with Crippen LogP contribution in [0.1, 0.15) is 5.56 Å². The highest BCUT2D eigenvalue weighted by atomic mass is 32.2. The standard InChI is InChI=1S/C7H8N2O4S/c10-9(11)7-3-1-6(2-4-7)5-8-14(12)13/h1-4,8H,5H2,(H,12,13)/p-1. The molecule has 0 heterocycles. The third-order valence-corrected chi connectivity index (χ3v) is 1.92. The van der Waals surface area contributed by atoms with Gasteiger partial charge in [0.05, 0.1) is 4.92 Å². The predicted molar refractivity (Wildman–Crippen MR) is 48.9 cm³/mol. The van der Waals surface area contributed by atoms with E-state index in [-0.39, 0.29) is 12.2 Å². The van der Waals surface area contributed by atoms with E-state index in [0.29, 0.717) is 5.56 Å². The lowest BCUT2D eigenvalue weighted by atomic mass is 10.2. The highest BCUT2D eigenvalue weighted by Gasteiger charge is 2.02. The summed E-state index contributed by atoms with van der Waals surface area (Å²) in [4.78, 5) is 9.76. The van der Waals surface area contributed by atoms with Crippen molar-refractivity contribution < 1.29 is 13.7 Å². The van der Waals surface area contributed by atoms with Crippen LogP contribution in [0.4, 0.5) is 5.69 Å². The fraction of sp³-hybridized carbons (Fsp3) is 0.143. The molecule has 0 bridgehead atoms. The number of nitro groups is 1. The summed E-state index contributed by atoms with van der Waals surface area (Å²) in [7, 11) is 0. The van der Waals surface area contributed by atoms with E-state index in [9.17, 15) is 18.9 Å². The van der Waals surface area contributed by atoms with Crippen molar-refractivity contribution in [2.75, 3.05) is 0 Å². The van der Waals surface area contributed by atoms with Gasteiger partial charge in [-0.15, -0.1) is 0 Å². The van der Waals surface area contributed by atoms with E-state index in [1.54, 1.807) is 0 Å². The number of hydrogen-bond acceptors (Lipinski definition) is 4.